The van der Waals surface area contributed by atoms with Gasteiger partial charge in [-0.05, 0) is 31.8 Å². The minimum atomic E-state index is 0.688. The summed E-state index contributed by atoms with van der Waals surface area (Å²) in [5.74, 6) is 0.883. The summed E-state index contributed by atoms with van der Waals surface area (Å²) in [6.07, 6.45) is 5.58. The Labute approximate surface area is 137 Å². The van der Waals surface area contributed by atoms with Crippen LogP contribution in [0.4, 0.5) is 0 Å². The lowest BCUT2D eigenvalue weighted by Crippen LogP contribution is -2.19. The summed E-state index contributed by atoms with van der Waals surface area (Å²) in [4.78, 5) is 6.47. The second kappa shape index (κ2) is 8.29. The van der Waals surface area contributed by atoms with Gasteiger partial charge in [0, 0.05) is 30.6 Å². The van der Waals surface area contributed by atoms with Gasteiger partial charge in [-0.3, -0.25) is 0 Å². The van der Waals surface area contributed by atoms with E-state index in [2.05, 4.69) is 15.0 Å². The zero-order chi connectivity index (χ0) is 16.7. The van der Waals surface area contributed by atoms with Gasteiger partial charge in [-0.15, -0.1) is 0 Å². The monoisotopic (exact) mass is 312 g/mol. The third-order valence-electron chi connectivity index (χ3n) is 3.24. The molecule has 0 aliphatic carbocycles. The quantitative estimate of drug-likeness (QED) is 0.724. The van der Waals surface area contributed by atoms with Crippen LogP contribution >= 0.6 is 0 Å². The predicted octanol–water partition coefficient (Wildman–Crippen LogP) is 3.36. The van der Waals surface area contributed by atoms with Crippen molar-refractivity contribution in [2.75, 3.05) is 27.2 Å². The number of hydrogen-bond donors (Lipinski definition) is 0. The Balaban J connectivity index is 0.000000924. The van der Waals surface area contributed by atoms with Crippen LogP contribution in [0, 0.1) is 0 Å². The maximum Gasteiger partial charge on any atom is 0.154 e. The van der Waals surface area contributed by atoms with Gasteiger partial charge in [-0.25, -0.2) is 9.50 Å². The third-order valence-corrected chi connectivity index (χ3v) is 3.24. The normalized spacial score (nSPS) is 10.5. The van der Waals surface area contributed by atoms with E-state index in [0.717, 1.165) is 29.1 Å². The fourth-order valence-electron chi connectivity index (χ4n) is 2.05. The average molecular weight is 312 g/mol. The second-order valence-electron chi connectivity index (χ2n) is 5.15. The van der Waals surface area contributed by atoms with Crippen molar-refractivity contribution in [1.29, 1.82) is 0 Å². The molecule has 0 spiro atoms. The van der Waals surface area contributed by atoms with E-state index >= 15 is 0 Å². The van der Waals surface area contributed by atoms with Gasteiger partial charge in [-0.1, -0.05) is 26.0 Å². The van der Waals surface area contributed by atoms with Gasteiger partial charge in [0.15, 0.2) is 5.65 Å². The summed E-state index contributed by atoms with van der Waals surface area (Å²) < 4.78 is 7.47. The zero-order valence-electron chi connectivity index (χ0n) is 14.2. The van der Waals surface area contributed by atoms with E-state index in [1.54, 1.807) is 10.7 Å². The first-order valence-electron chi connectivity index (χ1n) is 7.90. The van der Waals surface area contributed by atoms with Crippen molar-refractivity contribution in [1.82, 2.24) is 19.5 Å². The molecule has 0 aliphatic rings. The Hall–Kier alpha value is -2.40. The maximum atomic E-state index is 5.69. The first-order valence-corrected chi connectivity index (χ1v) is 7.90. The summed E-state index contributed by atoms with van der Waals surface area (Å²) in [5, 5.41) is 4.20. The van der Waals surface area contributed by atoms with Gasteiger partial charge in [0.1, 0.15) is 12.4 Å². The molecule has 0 fully saturated rings. The Morgan fingerprint density at radius 3 is 2.48 bits per heavy atom. The predicted molar refractivity (Wildman–Crippen MR) is 93.8 cm³/mol. The highest BCUT2D eigenvalue weighted by Crippen LogP contribution is 2.21. The van der Waals surface area contributed by atoms with Crippen LogP contribution in [0.2, 0.25) is 0 Å². The highest BCUT2D eigenvalue weighted by Gasteiger charge is 2.02. The fourth-order valence-corrected chi connectivity index (χ4v) is 2.05. The van der Waals surface area contributed by atoms with Crippen LogP contribution < -0.4 is 4.74 Å². The fraction of sp³-hybridized carbons (Fsp3) is 0.333. The van der Waals surface area contributed by atoms with Gasteiger partial charge in [-0.2, -0.15) is 5.10 Å². The van der Waals surface area contributed by atoms with Crippen LogP contribution in [0.5, 0.6) is 5.75 Å². The number of hydrogen-bond acceptors (Lipinski definition) is 4. The smallest absolute Gasteiger partial charge is 0.154 e. The third kappa shape index (κ3) is 4.53. The molecule has 3 rings (SSSR count). The molecule has 122 valence electrons. The van der Waals surface area contributed by atoms with Crippen LogP contribution in [-0.4, -0.2) is 46.7 Å². The molecule has 5 nitrogen and oxygen atoms in total. The molecule has 2 heterocycles. The molecule has 0 bridgehead atoms. The minimum Gasteiger partial charge on any atom is -0.492 e. The summed E-state index contributed by atoms with van der Waals surface area (Å²) in [6.45, 7) is 5.59. The molecule has 0 radical (unpaired) electrons. The van der Waals surface area contributed by atoms with Crippen molar-refractivity contribution < 1.29 is 4.74 Å². The lowest BCUT2D eigenvalue weighted by molar-refractivity contribution is 0.261. The SMILES string of the molecule is CC.CN(C)CCOc1ccc(-c2cnc3ccnn3c2)cc1. The molecule has 0 saturated carbocycles. The molecule has 0 N–H and O–H groups in total. The lowest BCUT2D eigenvalue weighted by Gasteiger charge is -2.11. The number of aromatic nitrogens is 3. The highest BCUT2D eigenvalue weighted by atomic mass is 16.5. The molecule has 23 heavy (non-hydrogen) atoms. The van der Waals surface area contributed by atoms with Gasteiger partial charge in [0.05, 0.1) is 6.20 Å². The topological polar surface area (TPSA) is 42.7 Å². The summed E-state index contributed by atoms with van der Waals surface area (Å²) in [7, 11) is 4.07. The Kier molecular flexibility index (Phi) is 6.11. The van der Waals surface area contributed by atoms with Crippen molar-refractivity contribution in [2.45, 2.75) is 13.8 Å². The number of likely N-dealkylation sites (N-methyl/N-ethyl adjacent to an activating group) is 1. The molecular weight excluding hydrogens is 288 g/mol. The first kappa shape index (κ1) is 17.0. The van der Waals surface area contributed by atoms with E-state index < -0.39 is 0 Å². The van der Waals surface area contributed by atoms with E-state index in [1.165, 1.54) is 0 Å². The number of fused-ring (bicyclic) bond motifs is 1. The molecule has 1 aromatic carbocycles. The van der Waals surface area contributed by atoms with Crippen molar-refractivity contribution in [3.63, 3.8) is 0 Å². The molecule has 2 aromatic heterocycles. The zero-order valence-corrected chi connectivity index (χ0v) is 14.2. The highest BCUT2D eigenvalue weighted by molar-refractivity contribution is 5.63. The number of ether oxygens (including phenoxy) is 1. The van der Waals surface area contributed by atoms with Gasteiger partial charge >= 0.3 is 0 Å². The van der Waals surface area contributed by atoms with Crippen LogP contribution in [-0.2, 0) is 0 Å². The van der Waals surface area contributed by atoms with Crippen molar-refractivity contribution in [3.05, 3.63) is 48.9 Å². The number of rotatable bonds is 5. The van der Waals surface area contributed by atoms with Gasteiger partial charge < -0.3 is 9.64 Å². The number of benzene rings is 1. The summed E-state index contributed by atoms with van der Waals surface area (Å²) >= 11 is 0. The van der Waals surface area contributed by atoms with E-state index in [1.807, 2.05) is 70.7 Å². The molecule has 0 unspecified atom stereocenters. The van der Waals surface area contributed by atoms with E-state index in [9.17, 15) is 0 Å². The maximum absolute atomic E-state index is 5.69. The molecule has 0 aliphatic heterocycles. The molecule has 5 heteroatoms. The summed E-state index contributed by atoms with van der Waals surface area (Å²) in [6, 6.07) is 9.93. The van der Waals surface area contributed by atoms with Gasteiger partial charge in [0.2, 0.25) is 0 Å². The standard InChI is InChI=1S/C16H18N4O.C2H6/c1-19(2)9-10-21-15-5-3-13(4-6-15)14-11-17-16-7-8-18-20(16)12-14;1-2/h3-8,11-12H,9-10H2,1-2H3;1-2H3. The minimum absolute atomic E-state index is 0.688. The van der Waals surface area contributed by atoms with Crippen LogP contribution in [0.25, 0.3) is 16.8 Å². The Morgan fingerprint density at radius 2 is 1.78 bits per heavy atom. The molecule has 0 atom stereocenters. The molecule has 3 aromatic rings. The van der Waals surface area contributed by atoms with Crippen LogP contribution in [0.1, 0.15) is 13.8 Å². The van der Waals surface area contributed by atoms with Crippen molar-refractivity contribution in [2.24, 2.45) is 0 Å². The second-order valence-corrected chi connectivity index (χ2v) is 5.15. The molecule has 0 saturated heterocycles. The number of nitrogens with zero attached hydrogens (tertiary/aromatic N) is 4. The van der Waals surface area contributed by atoms with Crippen LogP contribution in [0.15, 0.2) is 48.9 Å². The van der Waals surface area contributed by atoms with Gasteiger partial charge in [0.25, 0.3) is 0 Å². The Bertz CT molecular complexity index is 719. The van der Waals surface area contributed by atoms with E-state index in [0.29, 0.717) is 6.61 Å². The largest absolute Gasteiger partial charge is 0.492 e. The lowest BCUT2D eigenvalue weighted by atomic mass is 10.1. The van der Waals surface area contributed by atoms with Crippen molar-refractivity contribution >= 4 is 5.65 Å². The average Bonchev–Trinajstić information content (AvgIpc) is 3.04. The molecular formula is C18H24N4O. The Morgan fingerprint density at radius 1 is 1.04 bits per heavy atom. The summed E-state index contributed by atoms with van der Waals surface area (Å²) in [5.41, 5.74) is 2.98. The van der Waals surface area contributed by atoms with Crippen LogP contribution in [0.3, 0.4) is 0 Å². The van der Waals surface area contributed by atoms with E-state index in [-0.39, 0.29) is 0 Å². The van der Waals surface area contributed by atoms with E-state index in [4.69, 9.17) is 4.74 Å². The molecule has 0 amide bonds. The first-order chi connectivity index (χ1) is 11.2. The van der Waals surface area contributed by atoms with Crippen molar-refractivity contribution in [3.8, 4) is 16.9 Å².